The lowest BCUT2D eigenvalue weighted by atomic mass is 10.1. The van der Waals surface area contributed by atoms with E-state index < -0.39 is 39.2 Å². The number of aliphatic hydroxyl groups excluding tert-OH is 2. The van der Waals surface area contributed by atoms with E-state index in [1.807, 2.05) is 0 Å². The van der Waals surface area contributed by atoms with Crippen molar-refractivity contribution < 1.29 is 43.0 Å². The zero-order valence-electron chi connectivity index (χ0n) is 32.1. The molecule has 0 aromatic carbocycles. The predicted octanol–water partition coefficient (Wildman–Crippen LogP) is 10.7. The average Bonchev–Trinajstić information content (AvgIpc) is 3.10. The molecule has 0 aliphatic carbocycles. The Hall–Kier alpha value is -1.06. The number of hydrogen-bond donors (Lipinski definition) is 3. The maximum atomic E-state index is 12.5. The topological polar surface area (TPSA) is 132 Å². The Labute approximate surface area is 306 Å². The van der Waals surface area contributed by atoms with Gasteiger partial charge in [-0.3, -0.25) is 13.8 Å². The van der Waals surface area contributed by atoms with Crippen LogP contribution in [0.1, 0.15) is 181 Å². The summed E-state index contributed by atoms with van der Waals surface area (Å²) < 4.78 is 33.2. The molecule has 3 N–H and O–H groups in total. The number of carbonyl (C=O) groups is 1. The minimum absolute atomic E-state index is 0.0457. The van der Waals surface area contributed by atoms with Gasteiger partial charge in [0.15, 0.2) is 0 Å². The van der Waals surface area contributed by atoms with Crippen LogP contribution in [0.15, 0.2) is 24.3 Å². The van der Waals surface area contributed by atoms with E-state index in [2.05, 4.69) is 38.2 Å². The fourth-order valence-electron chi connectivity index (χ4n) is 5.47. The molecule has 9 nitrogen and oxygen atoms in total. The lowest BCUT2D eigenvalue weighted by Crippen LogP contribution is -2.29. The van der Waals surface area contributed by atoms with Crippen LogP contribution in [0.25, 0.3) is 0 Å². The van der Waals surface area contributed by atoms with Crippen molar-refractivity contribution in [1.29, 1.82) is 0 Å². The largest absolute Gasteiger partial charge is 0.472 e. The minimum atomic E-state index is -4.51. The molecule has 10 heteroatoms. The highest BCUT2D eigenvalue weighted by molar-refractivity contribution is 7.47. The summed E-state index contributed by atoms with van der Waals surface area (Å²) in [5.41, 5.74) is 0. The number of carbonyl (C=O) groups excluding carboxylic acids is 1. The average molecular weight is 733 g/mol. The third-order valence-electron chi connectivity index (χ3n) is 8.59. The van der Waals surface area contributed by atoms with Crippen molar-refractivity contribution >= 4 is 13.8 Å². The van der Waals surface area contributed by atoms with Crippen LogP contribution in [0.4, 0.5) is 0 Å². The van der Waals surface area contributed by atoms with E-state index in [9.17, 15) is 19.4 Å². The summed E-state index contributed by atoms with van der Waals surface area (Å²) in [6, 6.07) is 0. The maximum Gasteiger partial charge on any atom is 0.472 e. The lowest BCUT2D eigenvalue weighted by molar-refractivity contribution is -0.154. The molecule has 3 atom stereocenters. The highest BCUT2D eigenvalue weighted by atomic mass is 31.2. The van der Waals surface area contributed by atoms with E-state index >= 15 is 0 Å². The standard InChI is InChI=1S/C40H77O9P/c1-3-5-7-9-11-13-15-16-17-18-19-20-21-22-23-25-27-29-31-33-46-36-39(37-48-50(44,45)47-35-38(42)34-41)49-40(43)32-30-28-26-24-14-12-10-8-6-4-2/h8,10,17-18,38-39,41-42H,3-7,9,11-16,19-37H2,1-2H3,(H,44,45)/b10-8-,18-17-. The Bertz CT molecular complexity index is 836. The molecule has 0 spiro atoms. The Balaban J connectivity index is 4.12. The van der Waals surface area contributed by atoms with Crippen molar-refractivity contribution in [3.63, 3.8) is 0 Å². The van der Waals surface area contributed by atoms with Crippen molar-refractivity contribution in [3.8, 4) is 0 Å². The van der Waals surface area contributed by atoms with E-state index in [1.165, 1.54) is 96.3 Å². The molecule has 0 amide bonds. The van der Waals surface area contributed by atoms with E-state index in [0.29, 0.717) is 6.61 Å². The molecule has 296 valence electrons. The van der Waals surface area contributed by atoms with Crippen LogP contribution in [-0.2, 0) is 27.9 Å². The molecule has 0 aliphatic heterocycles. The van der Waals surface area contributed by atoms with Gasteiger partial charge in [-0.1, -0.05) is 141 Å². The summed E-state index contributed by atoms with van der Waals surface area (Å²) in [6.45, 7) is 3.44. The van der Waals surface area contributed by atoms with Gasteiger partial charge >= 0.3 is 13.8 Å². The van der Waals surface area contributed by atoms with Crippen LogP contribution in [0, 0.1) is 0 Å². The number of phosphoric ester groups is 1. The van der Waals surface area contributed by atoms with Crippen LogP contribution in [0.2, 0.25) is 0 Å². The fourth-order valence-corrected chi connectivity index (χ4v) is 6.26. The Kier molecular flexibility index (Phi) is 36.9. The Morgan fingerprint density at radius 1 is 0.600 bits per heavy atom. The molecule has 3 unspecified atom stereocenters. The molecule has 0 fully saturated rings. The molecule has 0 saturated heterocycles. The third-order valence-corrected chi connectivity index (χ3v) is 9.54. The molecule has 0 bridgehead atoms. The smallest absolute Gasteiger partial charge is 0.457 e. The lowest BCUT2D eigenvalue weighted by Gasteiger charge is -2.20. The second-order valence-corrected chi connectivity index (χ2v) is 15.1. The van der Waals surface area contributed by atoms with E-state index in [0.717, 1.165) is 64.2 Å². The number of esters is 1. The van der Waals surface area contributed by atoms with Crippen molar-refractivity contribution in [1.82, 2.24) is 0 Å². The number of unbranched alkanes of at least 4 members (excludes halogenated alkanes) is 21. The molecule has 50 heavy (non-hydrogen) atoms. The van der Waals surface area contributed by atoms with Gasteiger partial charge in [-0.05, 0) is 57.8 Å². The molecule has 0 aromatic heterocycles. The number of rotatable bonds is 39. The normalized spacial score (nSPS) is 14.4. The molecule has 0 saturated carbocycles. The molecule has 0 aliphatic rings. The van der Waals surface area contributed by atoms with Crippen molar-refractivity contribution in [2.75, 3.05) is 33.0 Å². The van der Waals surface area contributed by atoms with Crippen LogP contribution in [0.5, 0.6) is 0 Å². The van der Waals surface area contributed by atoms with Crippen LogP contribution in [0.3, 0.4) is 0 Å². The van der Waals surface area contributed by atoms with E-state index in [1.54, 1.807) is 0 Å². The van der Waals surface area contributed by atoms with Gasteiger partial charge in [0.2, 0.25) is 0 Å². The first-order valence-corrected chi connectivity index (χ1v) is 21.8. The summed E-state index contributed by atoms with van der Waals surface area (Å²) in [7, 11) is -4.51. The summed E-state index contributed by atoms with van der Waals surface area (Å²) in [4.78, 5) is 22.4. The van der Waals surface area contributed by atoms with Crippen LogP contribution < -0.4 is 0 Å². The Morgan fingerprint density at radius 3 is 1.58 bits per heavy atom. The van der Waals surface area contributed by atoms with E-state index in [-0.39, 0.29) is 19.6 Å². The van der Waals surface area contributed by atoms with Gasteiger partial charge in [0.1, 0.15) is 12.2 Å². The number of phosphoric acid groups is 1. The monoisotopic (exact) mass is 733 g/mol. The maximum absolute atomic E-state index is 12.5. The van der Waals surface area contributed by atoms with Crippen molar-refractivity contribution in [3.05, 3.63) is 24.3 Å². The molecule has 0 aromatic rings. The van der Waals surface area contributed by atoms with Crippen LogP contribution in [-0.4, -0.2) is 66.3 Å². The number of ether oxygens (including phenoxy) is 2. The molecular weight excluding hydrogens is 655 g/mol. The van der Waals surface area contributed by atoms with Gasteiger partial charge in [0.25, 0.3) is 0 Å². The zero-order chi connectivity index (χ0) is 36.8. The van der Waals surface area contributed by atoms with Gasteiger partial charge < -0.3 is 24.6 Å². The van der Waals surface area contributed by atoms with Gasteiger partial charge in [0.05, 0.1) is 26.4 Å². The minimum Gasteiger partial charge on any atom is -0.457 e. The van der Waals surface area contributed by atoms with Gasteiger partial charge in [0, 0.05) is 13.0 Å². The summed E-state index contributed by atoms with van der Waals surface area (Å²) in [5.74, 6) is -0.395. The number of hydrogen-bond acceptors (Lipinski definition) is 8. The SMILES string of the molecule is CCC/C=C\CCCCCCCC(=O)OC(COCCCCCCCCCC/C=C\CCCCCCCCC)COP(=O)(O)OCC(O)CO. The fraction of sp³-hybridized carbons (Fsp3) is 0.875. The molecule has 0 rings (SSSR count). The second-order valence-electron chi connectivity index (χ2n) is 13.6. The third kappa shape index (κ3) is 36.7. The highest BCUT2D eigenvalue weighted by Gasteiger charge is 2.26. The first kappa shape index (κ1) is 48.9. The summed E-state index contributed by atoms with van der Waals surface area (Å²) >= 11 is 0. The van der Waals surface area contributed by atoms with E-state index in [4.69, 9.17) is 23.6 Å². The summed E-state index contributed by atoms with van der Waals surface area (Å²) in [6.07, 6.45) is 37.2. The highest BCUT2D eigenvalue weighted by Crippen LogP contribution is 2.43. The molecular formula is C40H77O9P. The molecule has 0 heterocycles. The molecule has 0 radical (unpaired) electrons. The predicted molar refractivity (Wildman–Crippen MR) is 205 cm³/mol. The first-order chi connectivity index (χ1) is 24.3. The first-order valence-electron chi connectivity index (χ1n) is 20.3. The number of aliphatic hydroxyl groups is 2. The second kappa shape index (κ2) is 37.7. The Morgan fingerprint density at radius 2 is 1.06 bits per heavy atom. The number of allylic oxidation sites excluding steroid dienone is 4. The quantitative estimate of drug-likeness (QED) is 0.0244. The zero-order valence-corrected chi connectivity index (χ0v) is 33.0. The van der Waals surface area contributed by atoms with Gasteiger partial charge in [-0.15, -0.1) is 0 Å². The van der Waals surface area contributed by atoms with Gasteiger partial charge in [-0.25, -0.2) is 4.57 Å². The summed E-state index contributed by atoms with van der Waals surface area (Å²) in [5, 5.41) is 18.3. The van der Waals surface area contributed by atoms with Crippen LogP contribution >= 0.6 is 7.82 Å². The van der Waals surface area contributed by atoms with Gasteiger partial charge in [-0.2, -0.15) is 0 Å². The van der Waals surface area contributed by atoms with Crippen molar-refractivity contribution in [2.24, 2.45) is 0 Å². The van der Waals surface area contributed by atoms with Crippen molar-refractivity contribution in [2.45, 2.75) is 193 Å².